The molecule has 1 aliphatic carbocycles. The molecule has 1 aliphatic heterocycles. The zero-order valence-corrected chi connectivity index (χ0v) is 13.0. The molecule has 1 saturated heterocycles. The fourth-order valence-electron chi connectivity index (χ4n) is 3.20. The van der Waals surface area contributed by atoms with Crippen LogP contribution < -0.4 is 15.4 Å². The van der Waals surface area contributed by atoms with E-state index in [0.29, 0.717) is 6.04 Å². The van der Waals surface area contributed by atoms with Crippen molar-refractivity contribution < 1.29 is 4.74 Å². The Balaban J connectivity index is 1.48. The van der Waals surface area contributed by atoms with Crippen molar-refractivity contribution in [2.75, 3.05) is 44.7 Å². The summed E-state index contributed by atoms with van der Waals surface area (Å²) in [5.41, 5.74) is 7.42. The molecular weight excluding hydrogens is 262 g/mol. The summed E-state index contributed by atoms with van der Waals surface area (Å²) in [7, 11) is 1.74. The minimum Gasteiger partial charge on any atom is -0.495 e. The summed E-state index contributed by atoms with van der Waals surface area (Å²) in [6.07, 6.45) is 3.85. The molecule has 2 N–H and O–H groups in total. The van der Waals surface area contributed by atoms with Crippen molar-refractivity contribution >= 4 is 5.69 Å². The van der Waals surface area contributed by atoms with Crippen molar-refractivity contribution in [1.82, 2.24) is 4.90 Å². The van der Waals surface area contributed by atoms with Crippen LogP contribution in [-0.2, 0) is 0 Å². The molecule has 4 nitrogen and oxygen atoms in total. The zero-order valence-electron chi connectivity index (χ0n) is 13.0. The third kappa shape index (κ3) is 3.69. The number of rotatable bonds is 6. The first-order valence-corrected chi connectivity index (χ1v) is 8.14. The molecule has 1 aromatic rings. The van der Waals surface area contributed by atoms with Crippen molar-refractivity contribution in [1.29, 1.82) is 0 Å². The van der Waals surface area contributed by atoms with Crippen molar-refractivity contribution in [2.24, 2.45) is 11.7 Å². The molecular formula is C17H27N3O. The SMILES string of the molecule is COc1ccccc1N1CCN(CCC(N)C2CC2)CC1. The summed E-state index contributed by atoms with van der Waals surface area (Å²) in [4.78, 5) is 4.98. The maximum absolute atomic E-state index is 6.20. The second-order valence-corrected chi connectivity index (χ2v) is 6.29. The summed E-state index contributed by atoms with van der Waals surface area (Å²) in [6, 6.07) is 8.72. The van der Waals surface area contributed by atoms with E-state index >= 15 is 0 Å². The molecule has 0 radical (unpaired) electrons. The number of methoxy groups -OCH3 is 1. The predicted molar refractivity (Wildman–Crippen MR) is 87.0 cm³/mol. The Morgan fingerprint density at radius 1 is 1.19 bits per heavy atom. The van der Waals surface area contributed by atoms with E-state index in [1.807, 2.05) is 12.1 Å². The van der Waals surface area contributed by atoms with E-state index in [1.165, 1.54) is 18.5 Å². The standard InChI is InChI=1S/C17H27N3O/c1-21-17-5-3-2-4-16(17)20-12-10-19(11-13-20)9-8-15(18)14-6-7-14/h2-5,14-15H,6-13,18H2,1H3. The molecule has 1 unspecified atom stereocenters. The van der Waals surface area contributed by atoms with E-state index in [0.717, 1.165) is 50.8 Å². The van der Waals surface area contributed by atoms with Crippen molar-refractivity contribution in [3.05, 3.63) is 24.3 Å². The van der Waals surface area contributed by atoms with Gasteiger partial charge in [-0.05, 0) is 43.9 Å². The molecule has 1 heterocycles. The lowest BCUT2D eigenvalue weighted by Gasteiger charge is -2.37. The first-order chi connectivity index (χ1) is 10.3. The summed E-state index contributed by atoms with van der Waals surface area (Å²) in [5.74, 6) is 1.79. The number of benzene rings is 1. The van der Waals surface area contributed by atoms with Crippen LogP contribution in [0.2, 0.25) is 0 Å². The monoisotopic (exact) mass is 289 g/mol. The molecule has 0 amide bonds. The quantitative estimate of drug-likeness (QED) is 0.869. The molecule has 1 aromatic carbocycles. The Morgan fingerprint density at radius 3 is 2.57 bits per heavy atom. The van der Waals surface area contributed by atoms with Gasteiger partial charge in [0.2, 0.25) is 0 Å². The highest BCUT2D eigenvalue weighted by molar-refractivity contribution is 5.58. The van der Waals surface area contributed by atoms with Crippen molar-refractivity contribution in [2.45, 2.75) is 25.3 Å². The van der Waals surface area contributed by atoms with Gasteiger partial charge in [0.15, 0.2) is 0 Å². The molecule has 2 aliphatic rings. The Kier molecular flexibility index (Phi) is 4.66. The summed E-state index contributed by atoms with van der Waals surface area (Å²) in [6.45, 7) is 5.53. The lowest BCUT2D eigenvalue weighted by atomic mass is 10.1. The molecule has 0 spiro atoms. The van der Waals surface area contributed by atoms with Crippen LogP contribution in [0.5, 0.6) is 5.75 Å². The molecule has 3 rings (SSSR count). The number of anilines is 1. The van der Waals surface area contributed by atoms with Gasteiger partial charge in [0.25, 0.3) is 0 Å². The number of para-hydroxylation sites is 2. The molecule has 0 aromatic heterocycles. The topological polar surface area (TPSA) is 41.7 Å². The van der Waals surface area contributed by atoms with Gasteiger partial charge in [-0.15, -0.1) is 0 Å². The third-order valence-corrected chi connectivity index (χ3v) is 4.80. The van der Waals surface area contributed by atoms with Crippen molar-refractivity contribution in [3.8, 4) is 5.75 Å². The molecule has 1 saturated carbocycles. The fourth-order valence-corrected chi connectivity index (χ4v) is 3.20. The number of hydrogen-bond donors (Lipinski definition) is 1. The highest BCUT2D eigenvalue weighted by atomic mass is 16.5. The summed E-state index contributed by atoms with van der Waals surface area (Å²) >= 11 is 0. The Bertz CT molecular complexity index is 453. The van der Waals surface area contributed by atoms with Crippen LogP contribution in [0.4, 0.5) is 5.69 Å². The molecule has 116 valence electrons. The van der Waals surface area contributed by atoms with Gasteiger partial charge in [-0.3, -0.25) is 4.90 Å². The van der Waals surface area contributed by atoms with Gasteiger partial charge >= 0.3 is 0 Å². The minimum atomic E-state index is 0.428. The zero-order chi connectivity index (χ0) is 14.7. The van der Waals surface area contributed by atoms with Gasteiger partial charge in [0, 0.05) is 32.2 Å². The molecule has 2 fully saturated rings. The molecule has 0 bridgehead atoms. The van der Waals surface area contributed by atoms with Crippen LogP contribution in [0.15, 0.2) is 24.3 Å². The lowest BCUT2D eigenvalue weighted by Crippen LogP contribution is -2.47. The fraction of sp³-hybridized carbons (Fsp3) is 0.647. The average molecular weight is 289 g/mol. The third-order valence-electron chi connectivity index (χ3n) is 4.80. The van der Waals surface area contributed by atoms with E-state index in [-0.39, 0.29) is 0 Å². The second-order valence-electron chi connectivity index (χ2n) is 6.29. The minimum absolute atomic E-state index is 0.428. The van der Waals surface area contributed by atoms with Crippen LogP contribution in [-0.4, -0.2) is 50.8 Å². The number of ether oxygens (including phenoxy) is 1. The van der Waals surface area contributed by atoms with E-state index in [4.69, 9.17) is 10.5 Å². The second kappa shape index (κ2) is 6.67. The number of piperazine rings is 1. The number of nitrogens with two attached hydrogens (primary N) is 1. The molecule has 21 heavy (non-hydrogen) atoms. The number of hydrogen-bond acceptors (Lipinski definition) is 4. The van der Waals surface area contributed by atoms with Gasteiger partial charge in [-0.25, -0.2) is 0 Å². The van der Waals surface area contributed by atoms with Crippen LogP contribution in [0.1, 0.15) is 19.3 Å². The predicted octanol–water partition coefficient (Wildman–Crippen LogP) is 1.94. The Labute approximate surface area is 127 Å². The van der Waals surface area contributed by atoms with E-state index < -0.39 is 0 Å². The maximum Gasteiger partial charge on any atom is 0.142 e. The van der Waals surface area contributed by atoms with Gasteiger partial charge in [0.05, 0.1) is 12.8 Å². The van der Waals surface area contributed by atoms with E-state index in [9.17, 15) is 0 Å². The Morgan fingerprint density at radius 2 is 1.90 bits per heavy atom. The highest BCUT2D eigenvalue weighted by Gasteiger charge is 2.28. The van der Waals surface area contributed by atoms with E-state index in [1.54, 1.807) is 7.11 Å². The highest BCUT2D eigenvalue weighted by Crippen LogP contribution is 2.33. The average Bonchev–Trinajstić information content (AvgIpc) is 3.38. The largest absolute Gasteiger partial charge is 0.495 e. The van der Waals surface area contributed by atoms with Crippen LogP contribution >= 0.6 is 0 Å². The summed E-state index contributed by atoms with van der Waals surface area (Å²) < 4.78 is 5.47. The normalized spacial score (nSPS) is 21.3. The van der Waals surface area contributed by atoms with Gasteiger partial charge < -0.3 is 15.4 Å². The van der Waals surface area contributed by atoms with Crippen LogP contribution in [0.3, 0.4) is 0 Å². The first-order valence-electron chi connectivity index (χ1n) is 8.14. The Hall–Kier alpha value is -1.26. The van der Waals surface area contributed by atoms with E-state index in [2.05, 4.69) is 21.9 Å². The summed E-state index contributed by atoms with van der Waals surface area (Å²) in [5, 5.41) is 0. The van der Waals surface area contributed by atoms with Gasteiger partial charge in [0.1, 0.15) is 5.75 Å². The molecule has 4 heteroatoms. The van der Waals surface area contributed by atoms with Gasteiger partial charge in [-0.2, -0.15) is 0 Å². The maximum atomic E-state index is 6.20. The van der Waals surface area contributed by atoms with Crippen LogP contribution in [0.25, 0.3) is 0 Å². The smallest absolute Gasteiger partial charge is 0.142 e. The molecule has 1 atom stereocenters. The van der Waals surface area contributed by atoms with Crippen molar-refractivity contribution in [3.63, 3.8) is 0 Å². The first kappa shape index (κ1) is 14.7. The van der Waals surface area contributed by atoms with Gasteiger partial charge in [-0.1, -0.05) is 12.1 Å². The van der Waals surface area contributed by atoms with Crippen LogP contribution in [0, 0.1) is 5.92 Å². The number of nitrogens with zero attached hydrogens (tertiary/aromatic N) is 2. The lowest BCUT2D eigenvalue weighted by molar-refractivity contribution is 0.244.